The summed E-state index contributed by atoms with van der Waals surface area (Å²) >= 11 is 0. The summed E-state index contributed by atoms with van der Waals surface area (Å²) in [6, 6.07) is 8.86. The van der Waals surface area contributed by atoms with Gasteiger partial charge in [-0.05, 0) is 29.8 Å². The quantitative estimate of drug-likeness (QED) is 0.693. The molecule has 0 radical (unpaired) electrons. The second-order valence-electron chi connectivity index (χ2n) is 6.23. The first-order valence-electron chi connectivity index (χ1n) is 8.11. The molecule has 1 unspecified atom stereocenters. The predicted octanol–water partition coefficient (Wildman–Crippen LogP) is 0.975. The summed E-state index contributed by atoms with van der Waals surface area (Å²) in [6.07, 6.45) is -0.226. The zero-order valence-electron chi connectivity index (χ0n) is 15.3. The van der Waals surface area contributed by atoms with E-state index in [2.05, 4.69) is 25.6 Å². The van der Waals surface area contributed by atoms with Crippen LogP contribution in [-0.4, -0.2) is 46.4 Å². The Morgan fingerprint density at radius 1 is 1.19 bits per heavy atom. The minimum Gasteiger partial charge on any atom is -0.469 e. The van der Waals surface area contributed by atoms with Crippen molar-refractivity contribution in [1.82, 2.24) is 25.5 Å². The number of tetrazole rings is 1. The van der Waals surface area contributed by atoms with E-state index in [9.17, 15) is 9.59 Å². The molecule has 1 aromatic carbocycles. The number of rotatable bonds is 8. The lowest BCUT2D eigenvalue weighted by atomic mass is 10.0. The number of esters is 2. The zero-order chi connectivity index (χ0) is 19.2. The van der Waals surface area contributed by atoms with Crippen LogP contribution in [0.4, 0.5) is 0 Å². The second-order valence-corrected chi connectivity index (χ2v) is 6.23. The molecule has 0 spiro atoms. The molecule has 2 rings (SSSR count). The van der Waals surface area contributed by atoms with Gasteiger partial charge in [0, 0.05) is 6.54 Å². The van der Waals surface area contributed by atoms with Crippen molar-refractivity contribution >= 4 is 11.9 Å². The fourth-order valence-corrected chi connectivity index (χ4v) is 2.46. The molecule has 0 fully saturated rings. The molecule has 1 aromatic heterocycles. The highest BCUT2D eigenvalue weighted by atomic mass is 16.5. The van der Waals surface area contributed by atoms with Gasteiger partial charge in [0.15, 0.2) is 11.9 Å². The lowest BCUT2D eigenvalue weighted by Crippen LogP contribution is -2.40. The highest BCUT2D eigenvalue weighted by Gasteiger charge is 2.34. The summed E-state index contributed by atoms with van der Waals surface area (Å²) in [6.45, 7) is 4.37. The monoisotopic (exact) mass is 361 g/mol. The third-order valence-electron chi connectivity index (χ3n) is 3.99. The first-order chi connectivity index (χ1) is 12.4. The van der Waals surface area contributed by atoms with E-state index < -0.39 is 23.5 Å². The molecule has 1 atom stereocenters. The van der Waals surface area contributed by atoms with E-state index in [4.69, 9.17) is 4.74 Å². The number of ether oxygens (including phenoxy) is 2. The maximum absolute atomic E-state index is 12.2. The first-order valence-corrected chi connectivity index (χ1v) is 8.11. The third kappa shape index (κ3) is 4.63. The molecule has 1 heterocycles. The average Bonchev–Trinajstić information content (AvgIpc) is 3.15. The van der Waals surface area contributed by atoms with Gasteiger partial charge >= 0.3 is 11.9 Å². The predicted molar refractivity (Wildman–Crippen MR) is 91.8 cm³/mol. The summed E-state index contributed by atoms with van der Waals surface area (Å²) in [5, 5.41) is 15.0. The van der Waals surface area contributed by atoms with Gasteiger partial charge in [-0.15, -0.1) is 5.10 Å². The SMILES string of the molecule is COC(=O)CC(C(=O)OC)n1nnnc1C(C)(C)NCc1ccccc1. The molecule has 1 N–H and O–H groups in total. The highest BCUT2D eigenvalue weighted by molar-refractivity contribution is 5.81. The van der Waals surface area contributed by atoms with Gasteiger partial charge in [0.2, 0.25) is 0 Å². The van der Waals surface area contributed by atoms with Crippen LogP contribution >= 0.6 is 0 Å². The van der Waals surface area contributed by atoms with E-state index >= 15 is 0 Å². The van der Waals surface area contributed by atoms with Crippen LogP contribution in [0.2, 0.25) is 0 Å². The van der Waals surface area contributed by atoms with Crippen LogP contribution in [0.1, 0.15) is 37.7 Å². The number of nitrogens with zero attached hydrogens (tertiary/aromatic N) is 4. The lowest BCUT2D eigenvalue weighted by molar-refractivity contribution is -0.151. The largest absolute Gasteiger partial charge is 0.469 e. The molecular weight excluding hydrogens is 338 g/mol. The van der Waals surface area contributed by atoms with Crippen LogP contribution in [0.3, 0.4) is 0 Å². The van der Waals surface area contributed by atoms with Crippen molar-refractivity contribution in [2.24, 2.45) is 0 Å². The number of methoxy groups -OCH3 is 2. The van der Waals surface area contributed by atoms with Crippen LogP contribution < -0.4 is 5.32 Å². The number of hydrogen-bond donors (Lipinski definition) is 1. The van der Waals surface area contributed by atoms with Gasteiger partial charge in [0.1, 0.15) is 0 Å². The number of hydrogen-bond acceptors (Lipinski definition) is 8. The summed E-state index contributed by atoms with van der Waals surface area (Å²) in [5.41, 5.74) is 0.431. The van der Waals surface area contributed by atoms with Gasteiger partial charge in [-0.25, -0.2) is 9.48 Å². The number of carbonyl (C=O) groups is 2. The normalized spacial score (nSPS) is 12.5. The maximum Gasteiger partial charge on any atom is 0.331 e. The Hall–Kier alpha value is -2.81. The van der Waals surface area contributed by atoms with E-state index in [1.54, 1.807) is 0 Å². The Balaban J connectivity index is 2.25. The van der Waals surface area contributed by atoms with E-state index in [-0.39, 0.29) is 6.42 Å². The van der Waals surface area contributed by atoms with Gasteiger partial charge < -0.3 is 14.8 Å². The van der Waals surface area contributed by atoms with Gasteiger partial charge in [-0.2, -0.15) is 0 Å². The molecule has 0 bridgehead atoms. The first kappa shape index (κ1) is 19.5. The Morgan fingerprint density at radius 3 is 2.50 bits per heavy atom. The molecule has 0 amide bonds. The molecular formula is C17H23N5O4. The topological polar surface area (TPSA) is 108 Å². The Labute approximate surface area is 151 Å². The molecule has 0 aliphatic carbocycles. The second kappa shape index (κ2) is 8.52. The molecule has 0 saturated carbocycles. The van der Waals surface area contributed by atoms with Crippen molar-refractivity contribution in [3.05, 3.63) is 41.7 Å². The summed E-state index contributed by atoms with van der Waals surface area (Å²) in [7, 11) is 2.50. The van der Waals surface area contributed by atoms with Crippen LogP contribution in [-0.2, 0) is 31.1 Å². The number of benzene rings is 1. The smallest absolute Gasteiger partial charge is 0.331 e. The molecule has 26 heavy (non-hydrogen) atoms. The van der Waals surface area contributed by atoms with E-state index in [0.717, 1.165) is 5.56 Å². The average molecular weight is 361 g/mol. The van der Waals surface area contributed by atoms with Gasteiger partial charge in [-0.3, -0.25) is 4.79 Å². The minimum absolute atomic E-state index is 0.226. The van der Waals surface area contributed by atoms with Gasteiger partial charge in [0.25, 0.3) is 0 Å². The number of aromatic nitrogens is 4. The molecule has 0 aliphatic rings. The van der Waals surface area contributed by atoms with Crippen molar-refractivity contribution < 1.29 is 19.1 Å². The van der Waals surface area contributed by atoms with Crippen LogP contribution in [0.5, 0.6) is 0 Å². The molecule has 0 saturated heterocycles. The van der Waals surface area contributed by atoms with Crippen LogP contribution in [0, 0.1) is 0 Å². The molecule has 0 aliphatic heterocycles. The fourth-order valence-electron chi connectivity index (χ4n) is 2.46. The zero-order valence-corrected chi connectivity index (χ0v) is 15.3. The van der Waals surface area contributed by atoms with Crippen molar-refractivity contribution in [2.45, 2.75) is 38.4 Å². The highest BCUT2D eigenvalue weighted by Crippen LogP contribution is 2.23. The molecule has 9 heteroatoms. The maximum atomic E-state index is 12.2. The Kier molecular flexibility index (Phi) is 6.40. The molecule has 9 nitrogen and oxygen atoms in total. The van der Waals surface area contributed by atoms with Crippen LogP contribution in [0.15, 0.2) is 30.3 Å². The Bertz CT molecular complexity index is 745. The molecule has 2 aromatic rings. The summed E-state index contributed by atoms with van der Waals surface area (Å²) < 4.78 is 10.8. The van der Waals surface area contributed by atoms with Crippen LogP contribution in [0.25, 0.3) is 0 Å². The van der Waals surface area contributed by atoms with E-state index in [1.165, 1.54) is 18.9 Å². The summed E-state index contributed by atoms with van der Waals surface area (Å²) in [4.78, 5) is 23.8. The van der Waals surface area contributed by atoms with Gasteiger partial charge in [-0.1, -0.05) is 30.3 Å². The lowest BCUT2D eigenvalue weighted by Gasteiger charge is -2.27. The Morgan fingerprint density at radius 2 is 1.88 bits per heavy atom. The number of carbonyl (C=O) groups excluding carboxylic acids is 2. The fraction of sp³-hybridized carbons (Fsp3) is 0.471. The third-order valence-corrected chi connectivity index (χ3v) is 3.99. The van der Waals surface area contributed by atoms with Crippen molar-refractivity contribution in [3.8, 4) is 0 Å². The van der Waals surface area contributed by atoms with Crippen molar-refractivity contribution in [1.29, 1.82) is 0 Å². The van der Waals surface area contributed by atoms with Crippen molar-refractivity contribution in [2.75, 3.05) is 14.2 Å². The standard InChI is InChI=1S/C17H23N5O4/c1-17(2,18-11-12-8-6-5-7-9-12)16-19-20-21-22(16)13(15(24)26-4)10-14(23)25-3/h5-9,13,18H,10-11H2,1-4H3. The number of nitrogens with one attached hydrogen (secondary N) is 1. The molecule has 140 valence electrons. The van der Waals surface area contributed by atoms with E-state index in [1.807, 2.05) is 44.2 Å². The summed E-state index contributed by atoms with van der Waals surface area (Å²) in [5.74, 6) is -0.771. The van der Waals surface area contributed by atoms with Crippen molar-refractivity contribution in [3.63, 3.8) is 0 Å². The van der Waals surface area contributed by atoms with E-state index in [0.29, 0.717) is 12.4 Å². The minimum atomic E-state index is -1.00. The van der Waals surface area contributed by atoms with Gasteiger partial charge in [0.05, 0.1) is 26.2 Å².